The smallest absolute Gasteiger partial charge is 0.335 e. The summed E-state index contributed by atoms with van der Waals surface area (Å²) in [6.07, 6.45) is 1.68. The minimum atomic E-state index is -0.935. The van der Waals surface area contributed by atoms with Crippen molar-refractivity contribution >= 4 is 16.9 Å². The second-order valence-electron chi connectivity index (χ2n) is 6.70. The maximum absolute atomic E-state index is 11.2. The molecule has 0 amide bonds. The zero-order valence-electron chi connectivity index (χ0n) is 15.8. The van der Waals surface area contributed by atoms with Crippen molar-refractivity contribution in [3.63, 3.8) is 0 Å². The molecule has 0 aliphatic heterocycles. The van der Waals surface area contributed by atoms with E-state index in [9.17, 15) is 9.90 Å². The molecule has 0 saturated heterocycles. The number of carboxylic acids is 1. The Labute approximate surface area is 162 Å². The normalized spacial score (nSPS) is 11.0. The number of rotatable bonds is 4. The molecule has 2 aromatic heterocycles. The standard InChI is InChI=1S/C22H19N3O3/c1-13-10-15(4-6-18(13)22(26)27)20-11-17(8-9-23-20)28-16-5-7-19-14(2)24-25(3)21(19)12-16/h4-12H,1-3H3,(H,26,27). The first-order chi connectivity index (χ1) is 13.4. The zero-order valence-corrected chi connectivity index (χ0v) is 15.8. The molecule has 0 radical (unpaired) electrons. The number of ether oxygens (including phenoxy) is 1. The molecule has 0 aliphatic carbocycles. The zero-order chi connectivity index (χ0) is 19.8. The summed E-state index contributed by atoms with van der Waals surface area (Å²) >= 11 is 0. The summed E-state index contributed by atoms with van der Waals surface area (Å²) < 4.78 is 7.87. The molecule has 6 heteroatoms. The second-order valence-corrected chi connectivity index (χ2v) is 6.70. The molecule has 4 rings (SSSR count). The van der Waals surface area contributed by atoms with E-state index in [0.717, 1.165) is 27.9 Å². The van der Waals surface area contributed by atoms with Gasteiger partial charge < -0.3 is 9.84 Å². The highest BCUT2D eigenvalue weighted by atomic mass is 16.5. The third-order valence-corrected chi connectivity index (χ3v) is 4.73. The fourth-order valence-corrected chi connectivity index (χ4v) is 3.31. The molecular formula is C22H19N3O3. The van der Waals surface area contributed by atoms with E-state index in [4.69, 9.17) is 4.74 Å². The van der Waals surface area contributed by atoms with Gasteiger partial charge in [-0.1, -0.05) is 6.07 Å². The number of benzene rings is 2. The Morgan fingerprint density at radius 1 is 1.04 bits per heavy atom. The molecule has 6 nitrogen and oxygen atoms in total. The molecule has 28 heavy (non-hydrogen) atoms. The molecule has 0 fully saturated rings. The summed E-state index contributed by atoms with van der Waals surface area (Å²) in [4.78, 5) is 15.6. The maximum Gasteiger partial charge on any atom is 0.335 e. The van der Waals surface area contributed by atoms with E-state index in [2.05, 4.69) is 10.1 Å². The van der Waals surface area contributed by atoms with Gasteiger partial charge in [0.25, 0.3) is 0 Å². The van der Waals surface area contributed by atoms with Crippen molar-refractivity contribution in [3.8, 4) is 22.8 Å². The second kappa shape index (κ2) is 6.81. The van der Waals surface area contributed by atoms with Crippen molar-refractivity contribution in [3.05, 3.63) is 71.5 Å². The number of carboxylic acid groups (broad SMARTS) is 1. The van der Waals surface area contributed by atoms with E-state index in [1.54, 1.807) is 31.3 Å². The van der Waals surface area contributed by atoms with Gasteiger partial charge in [-0.15, -0.1) is 0 Å². The van der Waals surface area contributed by atoms with Gasteiger partial charge in [0.1, 0.15) is 11.5 Å². The van der Waals surface area contributed by atoms with Crippen LogP contribution >= 0.6 is 0 Å². The molecule has 0 atom stereocenters. The van der Waals surface area contributed by atoms with E-state index >= 15 is 0 Å². The summed E-state index contributed by atoms with van der Waals surface area (Å²) in [6.45, 7) is 3.76. The lowest BCUT2D eigenvalue weighted by atomic mass is 10.0. The fourth-order valence-electron chi connectivity index (χ4n) is 3.31. The lowest BCUT2D eigenvalue weighted by Crippen LogP contribution is -1.99. The topological polar surface area (TPSA) is 77.2 Å². The number of aromatic carboxylic acids is 1. The van der Waals surface area contributed by atoms with E-state index < -0.39 is 5.97 Å². The summed E-state index contributed by atoms with van der Waals surface area (Å²) in [5.41, 5.74) is 4.52. The van der Waals surface area contributed by atoms with Crippen LogP contribution in [-0.2, 0) is 7.05 Å². The van der Waals surface area contributed by atoms with Crippen LogP contribution in [0.2, 0.25) is 0 Å². The molecule has 0 bridgehead atoms. The van der Waals surface area contributed by atoms with E-state index in [-0.39, 0.29) is 5.56 Å². The molecule has 4 aromatic rings. The number of aryl methyl sites for hydroxylation is 3. The molecule has 0 unspecified atom stereocenters. The summed E-state index contributed by atoms with van der Waals surface area (Å²) in [7, 11) is 1.91. The third kappa shape index (κ3) is 3.20. The van der Waals surface area contributed by atoms with Crippen LogP contribution < -0.4 is 4.74 Å². The monoisotopic (exact) mass is 373 g/mol. The first-order valence-corrected chi connectivity index (χ1v) is 8.84. The number of pyridine rings is 1. The number of fused-ring (bicyclic) bond motifs is 1. The van der Waals surface area contributed by atoms with Gasteiger partial charge in [0.2, 0.25) is 0 Å². The molecule has 140 valence electrons. The predicted molar refractivity (Wildman–Crippen MR) is 107 cm³/mol. The largest absolute Gasteiger partial charge is 0.478 e. The van der Waals surface area contributed by atoms with Crippen molar-refractivity contribution in [2.75, 3.05) is 0 Å². The number of hydrogen-bond acceptors (Lipinski definition) is 4. The third-order valence-electron chi connectivity index (χ3n) is 4.73. The van der Waals surface area contributed by atoms with Crippen LogP contribution in [0.25, 0.3) is 22.2 Å². The molecule has 2 aromatic carbocycles. The molecule has 1 N–H and O–H groups in total. The van der Waals surface area contributed by atoms with Crippen LogP contribution in [0, 0.1) is 13.8 Å². The molecular weight excluding hydrogens is 354 g/mol. The van der Waals surface area contributed by atoms with Crippen LogP contribution in [0.15, 0.2) is 54.7 Å². The van der Waals surface area contributed by atoms with Gasteiger partial charge in [-0.05, 0) is 49.7 Å². The highest BCUT2D eigenvalue weighted by Gasteiger charge is 2.10. The summed E-state index contributed by atoms with van der Waals surface area (Å²) in [5, 5.41) is 14.7. The summed E-state index contributed by atoms with van der Waals surface area (Å²) in [6, 6.07) is 14.7. The highest BCUT2D eigenvalue weighted by Crippen LogP contribution is 2.29. The van der Waals surface area contributed by atoms with Crippen LogP contribution in [0.1, 0.15) is 21.6 Å². The number of carbonyl (C=O) groups is 1. The fraction of sp³-hybridized carbons (Fsp3) is 0.136. The minimum Gasteiger partial charge on any atom is -0.478 e. The van der Waals surface area contributed by atoms with Crippen LogP contribution in [0.5, 0.6) is 11.5 Å². The molecule has 0 spiro atoms. The highest BCUT2D eigenvalue weighted by molar-refractivity contribution is 5.90. The molecule has 2 heterocycles. The lowest BCUT2D eigenvalue weighted by molar-refractivity contribution is 0.0696. The van der Waals surface area contributed by atoms with Gasteiger partial charge in [-0.25, -0.2) is 4.79 Å². The number of aromatic nitrogens is 3. The molecule has 0 saturated carbocycles. The minimum absolute atomic E-state index is 0.288. The quantitative estimate of drug-likeness (QED) is 0.559. The van der Waals surface area contributed by atoms with Crippen LogP contribution in [0.3, 0.4) is 0 Å². The summed E-state index contributed by atoms with van der Waals surface area (Å²) in [5.74, 6) is 0.433. The van der Waals surface area contributed by atoms with Gasteiger partial charge in [0.05, 0.1) is 22.5 Å². The van der Waals surface area contributed by atoms with E-state index in [1.165, 1.54) is 0 Å². The van der Waals surface area contributed by atoms with Gasteiger partial charge in [-0.2, -0.15) is 5.10 Å². The number of hydrogen-bond donors (Lipinski definition) is 1. The van der Waals surface area contributed by atoms with Gasteiger partial charge in [0.15, 0.2) is 0 Å². The Hall–Kier alpha value is -3.67. The Kier molecular flexibility index (Phi) is 4.31. The molecule has 0 aliphatic rings. The van der Waals surface area contributed by atoms with E-state index in [0.29, 0.717) is 17.1 Å². The van der Waals surface area contributed by atoms with Gasteiger partial charge >= 0.3 is 5.97 Å². The lowest BCUT2D eigenvalue weighted by Gasteiger charge is -2.09. The van der Waals surface area contributed by atoms with Crippen molar-refractivity contribution in [2.45, 2.75) is 13.8 Å². The SMILES string of the molecule is Cc1cc(-c2cc(Oc3ccc4c(C)nn(C)c4c3)ccn2)ccc1C(=O)O. The van der Waals surface area contributed by atoms with Crippen LogP contribution in [0.4, 0.5) is 0 Å². The Bertz CT molecular complexity index is 1210. The predicted octanol–water partition coefficient (Wildman–Crippen LogP) is 4.74. The van der Waals surface area contributed by atoms with Gasteiger partial charge in [-0.3, -0.25) is 9.67 Å². The average molecular weight is 373 g/mol. The Morgan fingerprint density at radius 2 is 1.82 bits per heavy atom. The van der Waals surface area contributed by atoms with Crippen molar-refractivity contribution in [1.82, 2.24) is 14.8 Å². The number of nitrogens with zero attached hydrogens (tertiary/aromatic N) is 3. The Morgan fingerprint density at radius 3 is 2.57 bits per heavy atom. The van der Waals surface area contributed by atoms with E-state index in [1.807, 2.05) is 49.0 Å². The van der Waals surface area contributed by atoms with Gasteiger partial charge in [0, 0.05) is 36.3 Å². The van der Waals surface area contributed by atoms with Crippen molar-refractivity contribution in [2.24, 2.45) is 7.05 Å². The first kappa shape index (κ1) is 17.7. The Balaban J connectivity index is 1.65. The van der Waals surface area contributed by atoms with Crippen molar-refractivity contribution < 1.29 is 14.6 Å². The van der Waals surface area contributed by atoms with Crippen molar-refractivity contribution in [1.29, 1.82) is 0 Å². The maximum atomic E-state index is 11.2. The average Bonchev–Trinajstić information content (AvgIpc) is 2.95. The van der Waals surface area contributed by atoms with Crippen LogP contribution in [-0.4, -0.2) is 25.8 Å². The first-order valence-electron chi connectivity index (χ1n) is 8.84.